The van der Waals surface area contributed by atoms with Crippen LogP contribution in [0.2, 0.25) is 5.02 Å². The van der Waals surface area contributed by atoms with Crippen molar-refractivity contribution < 1.29 is 14.9 Å². The van der Waals surface area contributed by atoms with Gasteiger partial charge in [0.25, 0.3) is 0 Å². The fourth-order valence-corrected chi connectivity index (χ4v) is 1.84. The maximum absolute atomic E-state index is 9.20. The molecule has 0 atom stereocenters. The van der Waals surface area contributed by atoms with E-state index in [1.165, 1.54) is 0 Å². The van der Waals surface area contributed by atoms with E-state index in [-0.39, 0.29) is 12.4 Å². The van der Waals surface area contributed by atoms with Gasteiger partial charge in [0, 0.05) is 5.56 Å². The predicted molar refractivity (Wildman–Crippen MR) is 69.8 cm³/mol. The number of phenols is 1. The van der Waals surface area contributed by atoms with E-state index in [1.54, 1.807) is 42.5 Å². The van der Waals surface area contributed by atoms with Gasteiger partial charge in [-0.15, -0.1) is 0 Å². The van der Waals surface area contributed by atoms with E-state index in [0.29, 0.717) is 22.9 Å². The third-order valence-corrected chi connectivity index (χ3v) is 2.84. The number of rotatable bonds is 4. The summed E-state index contributed by atoms with van der Waals surface area (Å²) < 4.78 is 5.61. The lowest BCUT2D eigenvalue weighted by Crippen LogP contribution is -1.99. The second-order valence-electron chi connectivity index (χ2n) is 3.84. The molecule has 0 aliphatic rings. The Balaban J connectivity index is 2.12. The van der Waals surface area contributed by atoms with E-state index in [1.807, 2.05) is 0 Å². The lowest BCUT2D eigenvalue weighted by Gasteiger charge is -2.11. The molecule has 2 N–H and O–H groups in total. The number of halogens is 1. The van der Waals surface area contributed by atoms with Crippen molar-refractivity contribution >= 4 is 11.6 Å². The molecule has 0 radical (unpaired) electrons. The van der Waals surface area contributed by atoms with Crippen LogP contribution in [0.5, 0.6) is 11.5 Å². The highest BCUT2D eigenvalue weighted by Crippen LogP contribution is 2.29. The Kier molecular flexibility index (Phi) is 4.07. The van der Waals surface area contributed by atoms with Crippen molar-refractivity contribution in [2.75, 3.05) is 0 Å². The van der Waals surface area contributed by atoms with Crippen molar-refractivity contribution in [1.29, 1.82) is 0 Å². The quantitative estimate of drug-likeness (QED) is 0.892. The summed E-state index contributed by atoms with van der Waals surface area (Å²) in [5, 5.41) is 18.9. The van der Waals surface area contributed by atoms with Gasteiger partial charge in [-0.3, -0.25) is 0 Å². The number of para-hydroxylation sites is 1. The summed E-state index contributed by atoms with van der Waals surface area (Å²) in [6.45, 7) is 0.211. The van der Waals surface area contributed by atoms with Crippen LogP contribution in [0.3, 0.4) is 0 Å². The molecule has 0 saturated heterocycles. The molecule has 2 rings (SSSR count). The van der Waals surface area contributed by atoms with Crippen LogP contribution in [0.25, 0.3) is 0 Å². The number of hydrogen-bond donors (Lipinski definition) is 2. The number of aromatic hydroxyl groups is 1. The Labute approximate surface area is 110 Å². The second kappa shape index (κ2) is 5.76. The minimum absolute atomic E-state index is 0.120. The van der Waals surface area contributed by atoms with Gasteiger partial charge in [0.1, 0.15) is 18.1 Å². The van der Waals surface area contributed by atoms with Crippen LogP contribution in [-0.4, -0.2) is 10.2 Å². The molecule has 0 bridgehead atoms. The van der Waals surface area contributed by atoms with Crippen LogP contribution in [0.1, 0.15) is 11.1 Å². The minimum atomic E-state index is -0.120. The molecule has 0 aliphatic heterocycles. The number of hydrogen-bond acceptors (Lipinski definition) is 3. The summed E-state index contributed by atoms with van der Waals surface area (Å²) in [5.74, 6) is 0.710. The normalized spacial score (nSPS) is 10.3. The molecular formula is C14H13ClO3. The molecule has 2 aromatic rings. The molecule has 0 heterocycles. The van der Waals surface area contributed by atoms with Crippen molar-refractivity contribution in [3.63, 3.8) is 0 Å². The summed E-state index contributed by atoms with van der Waals surface area (Å²) in [6.07, 6.45) is 0. The summed E-state index contributed by atoms with van der Waals surface area (Å²) >= 11 is 6.02. The van der Waals surface area contributed by atoms with Gasteiger partial charge in [0.05, 0.1) is 11.6 Å². The first-order valence-electron chi connectivity index (χ1n) is 5.49. The Morgan fingerprint density at radius 3 is 2.44 bits per heavy atom. The van der Waals surface area contributed by atoms with Gasteiger partial charge in [0.2, 0.25) is 0 Å². The van der Waals surface area contributed by atoms with E-state index < -0.39 is 0 Å². The number of aliphatic hydroxyl groups is 1. The molecule has 2 aromatic carbocycles. The fourth-order valence-electron chi connectivity index (χ4n) is 1.59. The Hall–Kier alpha value is -1.71. The minimum Gasteiger partial charge on any atom is -0.508 e. The lowest BCUT2D eigenvalue weighted by atomic mass is 10.2. The van der Waals surface area contributed by atoms with Crippen molar-refractivity contribution in [1.82, 2.24) is 0 Å². The van der Waals surface area contributed by atoms with Crippen LogP contribution in [-0.2, 0) is 13.2 Å². The first kappa shape index (κ1) is 12.7. The van der Waals surface area contributed by atoms with Crippen LogP contribution in [0, 0.1) is 0 Å². The number of ether oxygens (including phenoxy) is 1. The fraction of sp³-hybridized carbons (Fsp3) is 0.143. The highest BCUT2D eigenvalue weighted by atomic mass is 35.5. The molecule has 4 heteroatoms. The van der Waals surface area contributed by atoms with Crippen LogP contribution >= 0.6 is 11.6 Å². The summed E-state index contributed by atoms with van der Waals surface area (Å²) in [5.41, 5.74) is 1.57. The average Bonchev–Trinajstić information content (AvgIpc) is 2.39. The van der Waals surface area contributed by atoms with E-state index in [9.17, 15) is 10.2 Å². The van der Waals surface area contributed by atoms with Crippen molar-refractivity contribution in [3.05, 3.63) is 58.6 Å². The summed E-state index contributed by atoms with van der Waals surface area (Å²) in [7, 11) is 0. The smallest absolute Gasteiger partial charge is 0.143 e. The van der Waals surface area contributed by atoms with Crippen molar-refractivity contribution in [3.8, 4) is 11.5 Å². The molecule has 0 aliphatic carbocycles. The van der Waals surface area contributed by atoms with Crippen molar-refractivity contribution in [2.45, 2.75) is 13.2 Å². The molecule has 0 unspecified atom stereocenters. The molecule has 0 aromatic heterocycles. The summed E-state index contributed by atoms with van der Waals surface area (Å²) in [4.78, 5) is 0. The standard InChI is InChI=1S/C14H13ClO3/c15-13-3-1-2-11(8-16)14(13)18-9-10-4-6-12(17)7-5-10/h1-7,16-17H,8-9H2. The van der Waals surface area contributed by atoms with Gasteiger partial charge in [-0.25, -0.2) is 0 Å². The molecule has 94 valence electrons. The zero-order valence-electron chi connectivity index (χ0n) is 9.64. The molecule has 0 saturated carbocycles. The second-order valence-corrected chi connectivity index (χ2v) is 4.25. The SMILES string of the molecule is OCc1cccc(Cl)c1OCc1ccc(O)cc1. The first-order valence-corrected chi connectivity index (χ1v) is 5.87. The molecular weight excluding hydrogens is 252 g/mol. The van der Waals surface area contributed by atoms with Crippen molar-refractivity contribution in [2.24, 2.45) is 0 Å². The Morgan fingerprint density at radius 2 is 1.78 bits per heavy atom. The van der Waals surface area contributed by atoms with Gasteiger partial charge in [-0.1, -0.05) is 35.9 Å². The molecule has 3 nitrogen and oxygen atoms in total. The molecule has 18 heavy (non-hydrogen) atoms. The van der Waals surface area contributed by atoms with E-state index >= 15 is 0 Å². The van der Waals surface area contributed by atoms with Crippen LogP contribution < -0.4 is 4.74 Å². The van der Waals surface area contributed by atoms with Gasteiger partial charge in [-0.2, -0.15) is 0 Å². The number of phenolic OH excluding ortho intramolecular Hbond substituents is 1. The highest BCUT2D eigenvalue weighted by molar-refractivity contribution is 6.32. The van der Waals surface area contributed by atoms with Gasteiger partial charge < -0.3 is 14.9 Å². The van der Waals surface area contributed by atoms with E-state index in [4.69, 9.17) is 16.3 Å². The van der Waals surface area contributed by atoms with Gasteiger partial charge >= 0.3 is 0 Å². The van der Waals surface area contributed by atoms with Gasteiger partial charge in [-0.05, 0) is 23.8 Å². The van der Waals surface area contributed by atoms with E-state index in [2.05, 4.69) is 0 Å². The topological polar surface area (TPSA) is 49.7 Å². The summed E-state index contributed by atoms with van der Waals surface area (Å²) in [6, 6.07) is 12.0. The first-order chi connectivity index (χ1) is 8.70. The maximum atomic E-state index is 9.20. The largest absolute Gasteiger partial charge is 0.508 e. The number of aliphatic hydroxyl groups excluding tert-OH is 1. The Bertz CT molecular complexity index is 523. The van der Waals surface area contributed by atoms with Crippen LogP contribution in [0.4, 0.5) is 0 Å². The third-order valence-electron chi connectivity index (χ3n) is 2.54. The molecule has 0 amide bonds. The number of benzene rings is 2. The highest BCUT2D eigenvalue weighted by Gasteiger charge is 2.07. The third kappa shape index (κ3) is 2.94. The zero-order valence-corrected chi connectivity index (χ0v) is 10.4. The molecule has 0 fully saturated rings. The van der Waals surface area contributed by atoms with E-state index in [0.717, 1.165) is 5.56 Å². The molecule has 0 spiro atoms. The van der Waals surface area contributed by atoms with Gasteiger partial charge in [0.15, 0.2) is 0 Å². The monoisotopic (exact) mass is 264 g/mol. The zero-order chi connectivity index (χ0) is 13.0. The maximum Gasteiger partial charge on any atom is 0.143 e. The predicted octanol–water partition coefficient (Wildman–Crippen LogP) is 3.12. The average molecular weight is 265 g/mol. The Morgan fingerprint density at radius 1 is 1.06 bits per heavy atom. The lowest BCUT2D eigenvalue weighted by molar-refractivity contribution is 0.259. The van der Waals surface area contributed by atoms with Crippen LogP contribution in [0.15, 0.2) is 42.5 Å².